The van der Waals surface area contributed by atoms with E-state index in [0.717, 1.165) is 10.5 Å². The molecule has 0 aliphatic carbocycles. The fourth-order valence-corrected chi connectivity index (χ4v) is 3.01. The first-order valence-corrected chi connectivity index (χ1v) is 9.18. The Bertz CT molecular complexity index is 930. The van der Waals surface area contributed by atoms with Crippen LogP contribution in [0, 0.1) is 12.7 Å². The SMILES string of the molecule is COc1ccc(CN2C(=O)N[C@@H](CCC(=O)Nc3ccc(C)c(F)c3)C2=O)cc1. The molecule has 4 amide bonds. The van der Waals surface area contributed by atoms with Crippen LogP contribution in [0.1, 0.15) is 24.0 Å². The minimum absolute atomic E-state index is 0.0164. The largest absolute Gasteiger partial charge is 0.497 e. The van der Waals surface area contributed by atoms with Gasteiger partial charge in [0.25, 0.3) is 5.91 Å². The number of anilines is 1. The number of hydrogen-bond donors (Lipinski definition) is 2. The topological polar surface area (TPSA) is 87.7 Å². The molecule has 152 valence electrons. The van der Waals surface area contributed by atoms with Gasteiger partial charge in [-0.2, -0.15) is 0 Å². The first kappa shape index (κ1) is 20.3. The fourth-order valence-electron chi connectivity index (χ4n) is 3.01. The van der Waals surface area contributed by atoms with Crippen LogP contribution in [-0.2, 0) is 16.1 Å². The number of carbonyl (C=O) groups is 3. The quantitative estimate of drug-likeness (QED) is 0.701. The minimum Gasteiger partial charge on any atom is -0.497 e. The maximum atomic E-state index is 13.6. The molecule has 1 heterocycles. The lowest BCUT2D eigenvalue weighted by Crippen LogP contribution is -2.31. The highest BCUT2D eigenvalue weighted by molar-refractivity contribution is 6.04. The van der Waals surface area contributed by atoms with Gasteiger partial charge < -0.3 is 15.4 Å². The van der Waals surface area contributed by atoms with E-state index in [1.807, 2.05) is 0 Å². The monoisotopic (exact) mass is 399 g/mol. The molecule has 1 fully saturated rings. The van der Waals surface area contributed by atoms with E-state index in [1.165, 1.54) is 6.07 Å². The number of methoxy groups -OCH3 is 1. The maximum Gasteiger partial charge on any atom is 0.325 e. The number of benzene rings is 2. The van der Waals surface area contributed by atoms with Crippen LogP contribution >= 0.6 is 0 Å². The van der Waals surface area contributed by atoms with Crippen molar-refractivity contribution in [1.82, 2.24) is 10.2 Å². The summed E-state index contributed by atoms with van der Waals surface area (Å²) in [6.45, 7) is 1.77. The van der Waals surface area contributed by atoms with Gasteiger partial charge in [-0.05, 0) is 48.7 Å². The van der Waals surface area contributed by atoms with E-state index in [9.17, 15) is 18.8 Å². The third kappa shape index (κ3) is 4.90. The van der Waals surface area contributed by atoms with Crippen molar-refractivity contribution < 1.29 is 23.5 Å². The van der Waals surface area contributed by atoms with Crippen LogP contribution in [0.4, 0.5) is 14.9 Å². The minimum atomic E-state index is -0.763. The van der Waals surface area contributed by atoms with Crippen molar-refractivity contribution in [2.45, 2.75) is 32.4 Å². The molecule has 2 aromatic carbocycles. The first-order valence-electron chi connectivity index (χ1n) is 9.18. The average Bonchev–Trinajstić information content (AvgIpc) is 2.97. The molecule has 1 atom stereocenters. The van der Waals surface area contributed by atoms with Crippen LogP contribution in [0.3, 0.4) is 0 Å². The van der Waals surface area contributed by atoms with Crippen molar-refractivity contribution in [2.75, 3.05) is 12.4 Å². The number of nitrogens with one attached hydrogen (secondary N) is 2. The van der Waals surface area contributed by atoms with E-state index in [0.29, 0.717) is 17.0 Å². The second-order valence-corrected chi connectivity index (χ2v) is 6.83. The Morgan fingerprint density at radius 1 is 1.21 bits per heavy atom. The number of urea groups is 1. The molecule has 0 unspecified atom stereocenters. The van der Waals surface area contributed by atoms with Crippen LogP contribution < -0.4 is 15.4 Å². The summed E-state index contributed by atoms with van der Waals surface area (Å²) in [4.78, 5) is 37.9. The van der Waals surface area contributed by atoms with E-state index >= 15 is 0 Å². The second kappa shape index (κ2) is 8.72. The Balaban J connectivity index is 1.53. The molecule has 2 N–H and O–H groups in total. The molecule has 1 aliphatic rings. The van der Waals surface area contributed by atoms with Crippen LogP contribution in [-0.4, -0.2) is 35.9 Å². The molecular formula is C21H22FN3O4. The van der Waals surface area contributed by atoms with Gasteiger partial charge in [-0.3, -0.25) is 14.5 Å². The lowest BCUT2D eigenvalue weighted by molar-refractivity contribution is -0.128. The Hall–Kier alpha value is -3.42. The number of ether oxygens (including phenoxy) is 1. The van der Waals surface area contributed by atoms with Crippen LogP contribution in [0.2, 0.25) is 0 Å². The zero-order valence-electron chi connectivity index (χ0n) is 16.2. The summed E-state index contributed by atoms with van der Waals surface area (Å²) in [5.41, 5.74) is 1.62. The van der Waals surface area contributed by atoms with Gasteiger partial charge in [0.15, 0.2) is 0 Å². The van der Waals surface area contributed by atoms with Gasteiger partial charge >= 0.3 is 6.03 Å². The second-order valence-electron chi connectivity index (χ2n) is 6.83. The summed E-state index contributed by atoms with van der Waals surface area (Å²) in [7, 11) is 1.56. The summed E-state index contributed by atoms with van der Waals surface area (Å²) in [6.07, 6.45) is 0.173. The van der Waals surface area contributed by atoms with E-state index in [4.69, 9.17) is 4.74 Å². The van der Waals surface area contributed by atoms with E-state index < -0.39 is 17.9 Å². The van der Waals surface area contributed by atoms with Crippen molar-refractivity contribution in [3.63, 3.8) is 0 Å². The molecule has 2 aromatic rings. The zero-order chi connectivity index (χ0) is 21.0. The van der Waals surface area contributed by atoms with Crippen molar-refractivity contribution >= 4 is 23.5 Å². The van der Waals surface area contributed by atoms with Gasteiger partial charge in [0.2, 0.25) is 5.91 Å². The molecule has 3 rings (SSSR count). The van der Waals surface area contributed by atoms with Gasteiger partial charge in [0.1, 0.15) is 17.6 Å². The van der Waals surface area contributed by atoms with E-state index in [-0.39, 0.29) is 31.2 Å². The zero-order valence-corrected chi connectivity index (χ0v) is 16.2. The van der Waals surface area contributed by atoms with E-state index in [1.54, 1.807) is 50.4 Å². The van der Waals surface area contributed by atoms with Gasteiger partial charge in [-0.25, -0.2) is 9.18 Å². The Morgan fingerprint density at radius 2 is 1.93 bits per heavy atom. The average molecular weight is 399 g/mol. The predicted molar refractivity (Wildman–Crippen MR) is 105 cm³/mol. The summed E-state index contributed by atoms with van der Waals surface area (Å²) in [5, 5.41) is 5.20. The highest BCUT2D eigenvalue weighted by Crippen LogP contribution is 2.18. The molecular weight excluding hydrogens is 377 g/mol. The molecule has 0 radical (unpaired) electrons. The molecule has 7 nitrogen and oxygen atoms in total. The number of imide groups is 1. The van der Waals surface area contributed by atoms with Gasteiger partial charge in [0, 0.05) is 12.1 Å². The molecule has 0 spiro atoms. The highest BCUT2D eigenvalue weighted by atomic mass is 19.1. The molecule has 0 saturated carbocycles. The Labute approximate surface area is 167 Å². The third-order valence-corrected chi connectivity index (χ3v) is 4.72. The Kier molecular flexibility index (Phi) is 6.11. The maximum absolute atomic E-state index is 13.6. The standard InChI is InChI=1S/C21H22FN3O4/c1-13-3-6-15(11-17(13)22)23-19(26)10-9-18-20(27)25(21(28)24-18)12-14-4-7-16(29-2)8-5-14/h3-8,11,18H,9-10,12H2,1-2H3,(H,23,26)(H,24,28)/t18-/m0/s1. The number of hydrogen-bond acceptors (Lipinski definition) is 4. The normalized spacial score (nSPS) is 16.0. The number of aryl methyl sites for hydroxylation is 1. The lowest BCUT2D eigenvalue weighted by atomic mass is 10.1. The Morgan fingerprint density at radius 3 is 2.59 bits per heavy atom. The lowest BCUT2D eigenvalue weighted by Gasteiger charge is -2.13. The van der Waals surface area contributed by atoms with Crippen molar-refractivity contribution in [3.05, 3.63) is 59.4 Å². The molecule has 29 heavy (non-hydrogen) atoms. The molecule has 0 bridgehead atoms. The van der Waals surface area contributed by atoms with Gasteiger partial charge in [-0.15, -0.1) is 0 Å². The van der Waals surface area contributed by atoms with Gasteiger partial charge in [-0.1, -0.05) is 18.2 Å². The van der Waals surface area contributed by atoms with Crippen LogP contribution in [0.5, 0.6) is 5.75 Å². The van der Waals surface area contributed by atoms with Crippen LogP contribution in [0.15, 0.2) is 42.5 Å². The number of nitrogens with zero attached hydrogens (tertiary/aromatic N) is 1. The van der Waals surface area contributed by atoms with Crippen molar-refractivity contribution in [1.29, 1.82) is 0 Å². The van der Waals surface area contributed by atoms with E-state index in [2.05, 4.69) is 10.6 Å². The highest BCUT2D eigenvalue weighted by Gasteiger charge is 2.37. The number of rotatable bonds is 7. The molecule has 1 saturated heterocycles. The number of amides is 4. The first-order chi connectivity index (χ1) is 13.9. The molecule has 1 aliphatic heterocycles. The summed E-state index contributed by atoms with van der Waals surface area (Å²) in [6, 6.07) is 10.2. The fraction of sp³-hybridized carbons (Fsp3) is 0.286. The molecule has 8 heteroatoms. The van der Waals surface area contributed by atoms with Crippen LogP contribution in [0.25, 0.3) is 0 Å². The smallest absolute Gasteiger partial charge is 0.325 e. The summed E-state index contributed by atoms with van der Waals surface area (Å²) in [5.74, 6) is -0.456. The number of carbonyl (C=O) groups excluding carboxylic acids is 3. The third-order valence-electron chi connectivity index (χ3n) is 4.72. The number of halogens is 1. The van der Waals surface area contributed by atoms with Gasteiger partial charge in [0.05, 0.1) is 13.7 Å². The predicted octanol–water partition coefficient (Wildman–Crippen LogP) is 2.98. The molecule has 0 aromatic heterocycles. The van der Waals surface area contributed by atoms with Crippen molar-refractivity contribution in [3.8, 4) is 5.75 Å². The summed E-state index contributed by atoms with van der Waals surface area (Å²) < 4.78 is 18.7. The van der Waals surface area contributed by atoms with Crippen molar-refractivity contribution in [2.24, 2.45) is 0 Å². The summed E-state index contributed by atoms with van der Waals surface area (Å²) >= 11 is 0.